The predicted molar refractivity (Wildman–Crippen MR) is 47.0 cm³/mol. The van der Waals surface area contributed by atoms with Crippen molar-refractivity contribution in [2.45, 2.75) is 24.9 Å². The van der Waals surface area contributed by atoms with Gasteiger partial charge in [0, 0.05) is 19.8 Å². The first-order chi connectivity index (χ1) is 6.24. The first kappa shape index (κ1) is 8.50. The van der Waals surface area contributed by atoms with Gasteiger partial charge in [0.25, 0.3) is 0 Å². The van der Waals surface area contributed by atoms with E-state index >= 15 is 0 Å². The highest BCUT2D eigenvalue weighted by Crippen LogP contribution is 2.27. The third kappa shape index (κ3) is 1.19. The minimum Gasteiger partial charge on any atom is -0.313 e. The Labute approximate surface area is 76.6 Å². The number of rotatable bonds is 1. The lowest BCUT2D eigenvalue weighted by Gasteiger charge is -2.27. The maximum absolute atomic E-state index is 11.4. The Bertz CT molecular complexity index is 254. The maximum Gasteiger partial charge on any atom is 0.344 e. The lowest BCUT2D eigenvalue weighted by atomic mass is 10.0. The van der Waals surface area contributed by atoms with Crippen molar-refractivity contribution in [3.05, 3.63) is 0 Å². The SMILES string of the molecule is CN=C[C@@H]1CC[C@H]2CN1C(=O)N2O. The summed E-state index contributed by atoms with van der Waals surface area (Å²) in [6.07, 6.45) is 3.52. The molecular formula is C8H13N3O2. The number of amides is 2. The Morgan fingerprint density at radius 3 is 3.08 bits per heavy atom. The van der Waals surface area contributed by atoms with E-state index < -0.39 is 0 Å². The van der Waals surface area contributed by atoms with Crippen LogP contribution >= 0.6 is 0 Å². The van der Waals surface area contributed by atoms with Crippen LogP contribution in [0, 0.1) is 0 Å². The second kappa shape index (κ2) is 2.99. The van der Waals surface area contributed by atoms with Crippen LogP contribution in [0.2, 0.25) is 0 Å². The number of hydroxylamine groups is 2. The number of aliphatic imine (C=N–C) groups is 1. The zero-order valence-electron chi connectivity index (χ0n) is 7.55. The van der Waals surface area contributed by atoms with Gasteiger partial charge in [0.05, 0.1) is 12.1 Å². The molecule has 2 amide bonds. The van der Waals surface area contributed by atoms with E-state index in [0.29, 0.717) is 6.54 Å². The molecule has 2 aliphatic heterocycles. The van der Waals surface area contributed by atoms with Gasteiger partial charge < -0.3 is 4.90 Å². The Morgan fingerprint density at radius 2 is 2.38 bits per heavy atom. The van der Waals surface area contributed by atoms with Crippen LogP contribution in [0.4, 0.5) is 4.79 Å². The molecule has 72 valence electrons. The molecule has 0 aromatic carbocycles. The normalized spacial score (nSPS) is 33.5. The van der Waals surface area contributed by atoms with Crippen LogP contribution in [0.25, 0.3) is 0 Å². The zero-order valence-corrected chi connectivity index (χ0v) is 7.55. The molecular weight excluding hydrogens is 170 g/mol. The molecule has 0 aromatic rings. The molecule has 2 fully saturated rings. The molecule has 2 rings (SSSR count). The van der Waals surface area contributed by atoms with Gasteiger partial charge in [-0.2, -0.15) is 0 Å². The molecule has 0 radical (unpaired) electrons. The molecule has 2 heterocycles. The largest absolute Gasteiger partial charge is 0.344 e. The van der Waals surface area contributed by atoms with Crippen LogP contribution in [-0.4, -0.2) is 53.1 Å². The summed E-state index contributed by atoms with van der Waals surface area (Å²) >= 11 is 0. The molecule has 2 saturated heterocycles. The number of carbonyl (C=O) groups excluding carboxylic acids is 1. The van der Waals surface area contributed by atoms with Crippen LogP contribution in [0.5, 0.6) is 0 Å². The van der Waals surface area contributed by atoms with Crippen LogP contribution in [0.3, 0.4) is 0 Å². The summed E-state index contributed by atoms with van der Waals surface area (Å²) in [4.78, 5) is 17.0. The van der Waals surface area contributed by atoms with E-state index in [1.807, 2.05) is 0 Å². The fourth-order valence-corrected chi connectivity index (χ4v) is 2.01. The Balaban J connectivity index is 2.17. The van der Waals surface area contributed by atoms with Gasteiger partial charge in [-0.25, -0.2) is 9.86 Å². The molecule has 2 bridgehead atoms. The van der Waals surface area contributed by atoms with E-state index in [2.05, 4.69) is 4.99 Å². The van der Waals surface area contributed by atoms with Gasteiger partial charge in [-0.05, 0) is 12.8 Å². The Hall–Kier alpha value is -1.10. The Morgan fingerprint density at radius 1 is 1.62 bits per heavy atom. The summed E-state index contributed by atoms with van der Waals surface area (Å²) in [6.45, 7) is 0.631. The molecule has 0 saturated carbocycles. The maximum atomic E-state index is 11.4. The summed E-state index contributed by atoms with van der Waals surface area (Å²) < 4.78 is 0. The van der Waals surface area contributed by atoms with Crippen molar-refractivity contribution in [1.29, 1.82) is 0 Å². The summed E-state index contributed by atoms with van der Waals surface area (Å²) in [5.41, 5.74) is 0. The number of nitrogens with zero attached hydrogens (tertiary/aromatic N) is 3. The van der Waals surface area contributed by atoms with Crippen molar-refractivity contribution in [3.63, 3.8) is 0 Å². The monoisotopic (exact) mass is 183 g/mol. The topological polar surface area (TPSA) is 56.1 Å². The van der Waals surface area contributed by atoms with E-state index in [-0.39, 0.29) is 18.1 Å². The lowest BCUT2D eigenvalue weighted by Crippen LogP contribution is -2.40. The molecule has 5 nitrogen and oxygen atoms in total. The average Bonchev–Trinajstić information content (AvgIpc) is 2.37. The van der Waals surface area contributed by atoms with Crippen molar-refractivity contribution in [2.24, 2.45) is 4.99 Å². The Kier molecular flexibility index (Phi) is 1.95. The fraction of sp³-hybridized carbons (Fsp3) is 0.750. The third-order valence-electron chi connectivity index (χ3n) is 2.71. The number of piperidine rings is 1. The molecule has 1 N–H and O–H groups in total. The van der Waals surface area contributed by atoms with Gasteiger partial charge in [-0.3, -0.25) is 10.2 Å². The van der Waals surface area contributed by atoms with Gasteiger partial charge >= 0.3 is 6.03 Å². The summed E-state index contributed by atoms with van der Waals surface area (Å²) in [5.74, 6) is 0. The molecule has 2 aliphatic rings. The van der Waals surface area contributed by atoms with Gasteiger partial charge in [-0.1, -0.05) is 0 Å². The third-order valence-corrected chi connectivity index (χ3v) is 2.71. The predicted octanol–water partition coefficient (Wildman–Crippen LogP) is 0.345. The number of hydrogen-bond acceptors (Lipinski definition) is 3. The summed E-state index contributed by atoms with van der Waals surface area (Å²) in [5, 5.41) is 10.2. The first-order valence-corrected chi connectivity index (χ1v) is 4.45. The van der Waals surface area contributed by atoms with Crippen LogP contribution in [0.1, 0.15) is 12.8 Å². The quantitative estimate of drug-likeness (QED) is 0.471. The minimum atomic E-state index is -0.285. The number of carbonyl (C=O) groups is 1. The minimum absolute atomic E-state index is 0.00555. The van der Waals surface area contributed by atoms with E-state index in [1.165, 1.54) is 0 Å². The van der Waals surface area contributed by atoms with Gasteiger partial charge in [-0.15, -0.1) is 0 Å². The molecule has 0 unspecified atom stereocenters. The summed E-state index contributed by atoms with van der Waals surface area (Å²) in [7, 11) is 1.70. The molecule has 5 heteroatoms. The highest BCUT2D eigenvalue weighted by atomic mass is 16.5. The summed E-state index contributed by atoms with van der Waals surface area (Å²) in [6, 6.07) is -0.215. The van der Waals surface area contributed by atoms with Gasteiger partial charge in [0.2, 0.25) is 0 Å². The van der Waals surface area contributed by atoms with Crippen LogP contribution < -0.4 is 0 Å². The molecule has 2 atom stereocenters. The van der Waals surface area contributed by atoms with E-state index in [0.717, 1.165) is 17.9 Å². The lowest BCUT2D eigenvalue weighted by molar-refractivity contribution is -0.0583. The second-order valence-corrected chi connectivity index (χ2v) is 3.49. The van der Waals surface area contributed by atoms with Crippen molar-refractivity contribution in [3.8, 4) is 0 Å². The number of fused-ring (bicyclic) bond motifs is 2. The molecule has 13 heavy (non-hydrogen) atoms. The van der Waals surface area contributed by atoms with Gasteiger partial charge in [0.15, 0.2) is 0 Å². The standard InChI is InChI=1S/C8H13N3O2/c1-9-4-6-2-3-7-5-10(6)8(12)11(7)13/h4,6-7,13H,2-3,5H2,1H3/t6-,7-/m0/s1. The smallest absolute Gasteiger partial charge is 0.313 e. The number of hydrogen-bond donors (Lipinski definition) is 1. The molecule has 0 spiro atoms. The van der Waals surface area contributed by atoms with Crippen molar-refractivity contribution >= 4 is 12.2 Å². The van der Waals surface area contributed by atoms with Gasteiger partial charge in [0.1, 0.15) is 0 Å². The van der Waals surface area contributed by atoms with Crippen molar-refractivity contribution in [2.75, 3.05) is 13.6 Å². The van der Waals surface area contributed by atoms with Crippen LogP contribution in [-0.2, 0) is 0 Å². The molecule has 0 aromatic heterocycles. The van der Waals surface area contributed by atoms with E-state index in [1.54, 1.807) is 18.2 Å². The number of urea groups is 1. The second-order valence-electron chi connectivity index (χ2n) is 3.49. The fourth-order valence-electron chi connectivity index (χ4n) is 2.01. The molecule has 0 aliphatic carbocycles. The van der Waals surface area contributed by atoms with Crippen molar-refractivity contribution in [1.82, 2.24) is 9.96 Å². The highest BCUT2D eigenvalue weighted by Gasteiger charge is 2.43. The van der Waals surface area contributed by atoms with Crippen LogP contribution in [0.15, 0.2) is 4.99 Å². The zero-order chi connectivity index (χ0) is 9.42. The first-order valence-electron chi connectivity index (χ1n) is 4.45. The highest BCUT2D eigenvalue weighted by molar-refractivity contribution is 5.81. The van der Waals surface area contributed by atoms with E-state index in [4.69, 9.17) is 0 Å². The van der Waals surface area contributed by atoms with Crippen molar-refractivity contribution < 1.29 is 10.0 Å². The van der Waals surface area contributed by atoms with E-state index in [9.17, 15) is 10.0 Å². The average molecular weight is 183 g/mol.